The molecule has 2 amide bonds. The minimum absolute atomic E-state index is 0.0400. The molecule has 1 N–H and O–H groups in total. The predicted molar refractivity (Wildman–Crippen MR) is 123 cm³/mol. The van der Waals surface area contributed by atoms with E-state index in [2.05, 4.69) is 10.3 Å². The lowest BCUT2D eigenvalue weighted by Crippen LogP contribution is -2.50. The zero-order valence-electron chi connectivity index (χ0n) is 19.1. The molecule has 1 aromatic carbocycles. The van der Waals surface area contributed by atoms with Crippen molar-refractivity contribution in [3.63, 3.8) is 0 Å². The number of aromatic nitrogens is 1. The van der Waals surface area contributed by atoms with Crippen LogP contribution in [0.2, 0.25) is 0 Å². The fourth-order valence-corrected chi connectivity index (χ4v) is 5.01. The summed E-state index contributed by atoms with van der Waals surface area (Å²) in [5.41, 5.74) is 1.06. The van der Waals surface area contributed by atoms with Gasteiger partial charge in [0.05, 0.1) is 18.1 Å². The van der Waals surface area contributed by atoms with Crippen molar-refractivity contribution in [2.45, 2.75) is 31.3 Å². The van der Waals surface area contributed by atoms with E-state index in [0.29, 0.717) is 19.8 Å². The minimum Gasteiger partial charge on any atom is -0.379 e. The number of likely N-dealkylation sites (N-methyl/N-ethyl adjacent to an activating group) is 1. The molecule has 1 atom stereocenters. The van der Waals surface area contributed by atoms with Crippen molar-refractivity contribution < 1.29 is 22.7 Å². The molecule has 1 fully saturated rings. The molecule has 2 aromatic rings. The second-order valence-corrected chi connectivity index (χ2v) is 10.2. The number of carbonyl (C=O) groups excluding carboxylic acids is 2. The molecule has 1 aliphatic heterocycles. The van der Waals surface area contributed by atoms with Gasteiger partial charge in [-0.3, -0.25) is 14.6 Å². The van der Waals surface area contributed by atoms with Gasteiger partial charge in [0.1, 0.15) is 6.04 Å². The van der Waals surface area contributed by atoms with E-state index in [1.165, 1.54) is 28.6 Å². The van der Waals surface area contributed by atoms with E-state index < -0.39 is 22.0 Å². The van der Waals surface area contributed by atoms with E-state index in [9.17, 15) is 18.0 Å². The number of rotatable bonds is 8. The highest BCUT2D eigenvalue weighted by Crippen LogP contribution is 2.19. The Labute approximate surface area is 194 Å². The van der Waals surface area contributed by atoms with Crippen LogP contribution >= 0.6 is 0 Å². The summed E-state index contributed by atoms with van der Waals surface area (Å²) in [5.74, 6) is -0.909. The van der Waals surface area contributed by atoms with E-state index >= 15 is 0 Å². The molecule has 9 nitrogen and oxygen atoms in total. The zero-order chi connectivity index (χ0) is 24.0. The Morgan fingerprint density at radius 1 is 1.18 bits per heavy atom. The monoisotopic (exact) mass is 474 g/mol. The number of ether oxygens (including phenoxy) is 1. The summed E-state index contributed by atoms with van der Waals surface area (Å²) in [7, 11) is -2.06. The molecule has 0 aliphatic carbocycles. The van der Waals surface area contributed by atoms with Gasteiger partial charge in [0.25, 0.3) is 5.91 Å². The average Bonchev–Trinajstić information content (AvgIpc) is 2.83. The van der Waals surface area contributed by atoms with Crippen LogP contribution < -0.4 is 5.32 Å². The number of carbonyl (C=O) groups is 2. The molecule has 0 radical (unpaired) electrons. The first-order valence-corrected chi connectivity index (χ1v) is 12.3. The van der Waals surface area contributed by atoms with Gasteiger partial charge in [-0.2, -0.15) is 4.31 Å². The molecule has 0 bridgehead atoms. The molecule has 1 aliphatic rings. The third-order valence-electron chi connectivity index (χ3n) is 5.44. The van der Waals surface area contributed by atoms with Gasteiger partial charge in [-0.25, -0.2) is 8.42 Å². The number of amides is 2. The van der Waals surface area contributed by atoms with E-state index in [4.69, 9.17) is 4.74 Å². The Bertz CT molecular complexity index is 1070. The summed E-state index contributed by atoms with van der Waals surface area (Å²) < 4.78 is 32.4. The summed E-state index contributed by atoms with van der Waals surface area (Å²) in [5, 5.41) is 2.78. The molecule has 2 heterocycles. The Morgan fingerprint density at radius 2 is 1.91 bits per heavy atom. The Balaban J connectivity index is 1.74. The van der Waals surface area contributed by atoms with Crippen molar-refractivity contribution in [3.05, 3.63) is 59.9 Å². The molecule has 178 valence electrons. The van der Waals surface area contributed by atoms with E-state index in [1.54, 1.807) is 30.4 Å². The third kappa shape index (κ3) is 6.16. The van der Waals surface area contributed by atoms with Gasteiger partial charge < -0.3 is 15.0 Å². The third-order valence-corrected chi connectivity index (χ3v) is 7.34. The van der Waals surface area contributed by atoms with Gasteiger partial charge >= 0.3 is 0 Å². The van der Waals surface area contributed by atoms with Crippen LogP contribution in [0.5, 0.6) is 0 Å². The summed E-state index contributed by atoms with van der Waals surface area (Å²) in [6.45, 7) is 5.27. The second-order valence-electron chi connectivity index (χ2n) is 8.30. The highest BCUT2D eigenvalue weighted by molar-refractivity contribution is 7.89. The number of hydrogen-bond acceptors (Lipinski definition) is 6. The van der Waals surface area contributed by atoms with Crippen molar-refractivity contribution in [1.82, 2.24) is 19.5 Å². The predicted octanol–water partition coefficient (Wildman–Crippen LogP) is 1.52. The average molecular weight is 475 g/mol. The molecule has 1 saturated heterocycles. The van der Waals surface area contributed by atoms with Gasteiger partial charge in [0, 0.05) is 44.6 Å². The van der Waals surface area contributed by atoms with Crippen LogP contribution in [0, 0.1) is 5.92 Å². The van der Waals surface area contributed by atoms with Gasteiger partial charge in [-0.1, -0.05) is 26.0 Å². The highest BCUT2D eigenvalue weighted by atomic mass is 32.2. The maximum Gasteiger partial charge on any atom is 0.251 e. The van der Waals surface area contributed by atoms with Crippen LogP contribution in [0.1, 0.15) is 29.8 Å². The van der Waals surface area contributed by atoms with Gasteiger partial charge in [-0.05, 0) is 35.7 Å². The SMILES string of the molecule is CC(C)[C@H](NC(=O)c1cccc(S(=O)(=O)N2CCOCC2)c1)C(=O)N(C)Cc1cccnc1. The first-order chi connectivity index (χ1) is 15.7. The van der Waals surface area contributed by atoms with Crippen LogP contribution in [0.15, 0.2) is 53.7 Å². The first kappa shape index (κ1) is 24.8. The molecular weight excluding hydrogens is 444 g/mol. The van der Waals surface area contributed by atoms with E-state index in [0.717, 1.165) is 5.56 Å². The quantitative estimate of drug-likeness (QED) is 0.621. The topological polar surface area (TPSA) is 109 Å². The molecule has 0 unspecified atom stereocenters. The molecule has 1 aromatic heterocycles. The highest BCUT2D eigenvalue weighted by Gasteiger charge is 2.29. The minimum atomic E-state index is -3.73. The number of nitrogens with one attached hydrogen (secondary N) is 1. The van der Waals surface area contributed by atoms with Gasteiger partial charge in [0.2, 0.25) is 15.9 Å². The summed E-state index contributed by atoms with van der Waals surface area (Å²) in [6, 6.07) is 8.79. The van der Waals surface area contributed by atoms with Crippen molar-refractivity contribution in [2.75, 3.05) is 33.4 Å². The molecule has 10 heteroatoms. The van der Waals surface area contributed by atoms with Crippen LogP contribution in [0.3, 0.4) is 0 Å². The van der Waals surface area contributed by atoms with Gasteiger partial charge in [0.15, 0.2) is 0 Å². The molecule has 0 spiro atoms. The lowest BCUT2D eigenvalue weighted by molar-refractivity contribution is -0.133. The molecular formula is C23H30N4O5S. The van der Waals surface area contributed by atoms with Crippen molar-refractivity contribution in [3.8, 4) is 0 Å². The van der Waals surface area contributed by atoms with E-state index in [-0.39, 0.29) is 35.4 Å². The normalized spacial score (nSPS) is 15.8. The number of morpholine rings is 1. The number of benzene rings is 1. The zero-order valence-corrected chi connectivity index (χ0v) is 19.9. The number of hydrogen-bond donors (Lipinski definition) is 1. The van der Waals surface area contributed by atoms with Crippen LogP contribution in [0.25, 0.3) is 0 Å². The summed E-state index contributed by atoms with van der Waals surface area (Å²) >= 11 is 0. The lowest BCUT2D eigenvalue weighted by atomic mass is 10.0. The largest absolute Gasteiger partial charge is 0.379 e. The fourth-order valence-electron chi connectivity index (χ4n) is 3.55. The number of pyridine rings is 1. The van der Waals surface area contributed by atoms with Crippen LogP contribution in [-0.2, 0) is 26.1 Å². The fraction of sp³-hybridized carbons (Fsp3) is 0.435. The Kier molecular flexibility index (Phi) is 8.17. The smallest absolute Gasteiger partial charge is 0.251 e. The van der Waals surface area contributed by atoms with Crippen molar-refractivity contribution >= 4 is 21.8 Å². The van der Waals surface area contributed by atoms with E-state index in [1.807, 2.05) is 19.9 Å². The van der Waals surface area contributed by atoms with Crippen molar-refractivity contribution in [2.24, 2.45) is 5.92 Å². The first-order valence-electron chi connectivity index (χ1n) is 10.8. The lowest BCUT2D eigenvalue weighted by Gasteiger charge is -2.27. The molecule has 3 rings (SSSR count). The Hall–Kier alpha value is -2.82. The molecule has 0 saturated carbocycles. The van der Waals surface area contributed by atoms with Crippen molar-refractivity contribution in [1.29, 1.82) is 0 Å². The maximum absolute atomic E-state index is 13.1. The second kappa shape index (κ2) is 10.9. The summed E-state index contributed by atoms with van der Waals surface area (Å²) in [6.07, 6.45) is 3.35. The maximum atomic E-state index is 13.1. The number of nitrogens with zero attached hydrogens (tertiary/aromatic N) is 3. The van der Waals surface area contributed by atoms with Crippen LogP contribution in [-0.4, -0.2) is 73.8 Å². The van der Waals surface area contributed by atoms with Gasteiger partial charge in [-0.15, -0.1) is 0 Å². The summed E-state index contributed by atoms with van der Waals surface area (Å²) in [4.78, 5) is 31.7. The number of sulfonamides is 1. The Morgan fingerprint density at radius 3 is 2.55 bits per heavy atom. The standard InChI is InChI=1S/C23H30N4O5S/c1-17(2)21(23(29)26(3)16-18-6-5-9-24-15-18)25-22(28)19-7-4-8-20(14-19)33(30,31)27-10-12-32-13-11-27/h4-9,14-15,17,21H,10-13,16H2,1-3H3,(H,25,28)/t21-/m0/s1. The van der Waals surface area contributed by atoms with Crippen LogP contribution in [0.4, 0.5) is 0 Å². The molecule has 33 heavy (non-hydrogen) atoms.